The van der Waals surface area contributed by atoms with Crippen molar-refractivity contribution in [3.05, 3.63) is 42.5 Å². The molecule has 0 aliphatic heterocycles. The fourth-order valence-corrected chi connectivity index (χ4v) is 1.38. The van der Waals surface area contributed by atoms with Crippen LogP contribution >= 0.6 is 0 Å². The van der Waals surface area contributed by atoms with E-state index in [4.69, 9.17) is 9.84 Å². The second kappa shape index (κ2) is 7.46. The molecule has 1 aromatic carbocycles. The highest BCUT2D eigenvalue weighted by atomic mass is 16.5. The number of ether oxygens (including phenoxy) is 1. The Morgan fingerprint density at radius 3 is 3.06 bits per heavy atom. The summed E-state index contributed by atoms with van der Waals surface area (Å²) in [7, 11) is 0. The standard InChI is InChI=1S/C13H17NO3/c1-2-9-17-13(16)14-12-7-3-5-11(10-12)6-4-8-15/h2-3,5,7,10,15H,1,4,6,8-9H2,(H,14,16). The highest BCUT2D eigenvalue weighted by Gasteiger charge is 2.02. The minimum Gasteiger partial charge on any atom is -0.445 e. The number of amides is 1. The highest BCUT2D eigenvalue weighted by molar-refractivity contribution is 5.84. The zero-order chi connectivity index (χ0) is 12.5. The summed E-state index contributed by atoms with van der Waals surface area (Å²) in [5, 5.41) is 11.4. The van der Waals surface area contributed by atoms with Gasteiger partial charge in [0.05, 0.1) is 0 Å². The van der Waals surface area contributed by atoms with Crippen LogP contribution in [0.25, 0.3) is 0 Å². The number of aryl methyl sites for hydroxylation is 1. The number of nitrogens with one attached hydrogen (secondary N) is 1. The van der Waals surface area contributed by atoms with Crippen molar-refractivity contribution in [3.8, 4) is 0 Å². The molecule has 2 N–H and O–H groups in total. The molecule has 92 valence electrons. The molecule has 4 nitrogen and oxygen atoms in total. The number of carbonyl (C=O) groups is 1. The van der Waals surface area contributed by atoms with Gasteiger partial charge in [0, 0.05) is 12.3 Å². The van der Waals surface area contributed by atoms with Crippen LogP contribution in [0.5, 0.6) is 0 Å². The second-order valence-electron chi connectivity index (χ2n) is 3.54. The molecule has 0 aliphatic carbocycles. The van der Waals surface area contributed by atoms with E-state index < -0.39 is 6.09 Å². The smallest absolute Gasteiger partial charge is 0.411 e. The number of hydrogen-bond acceptors (Lipinski definition) is 3. The van der Waals surface area contributed by atoms with Gasteiger partial charge < -0.3 is 9.84 Å². The van der Waals surface area contributed by atoms with Gasteiger partial charge in [0.2, 0.25) is 0 Å². The lowest BCUT2D eigenvalue weighted by atomic mass is 10.1. The zero-order valence-corrected chi connectivity index (χ0v) is 9.69. The SMILES string of the molecule is C=CCOC(=O)Nc1cccc(CCCO)c1. The molecule has 1 rings (SSSR count). The molecule has 0 bridgehead atoms. The van der Waals surface area contributed by atoms with E-state index in [1.165, 1.54) is 6.08 Å². The first-order chi connectivity index (χ1) is 8.26. The Labute approximate surface area is 101 Å². The predicted molar refractivity (Wildman–Crippen MR) is 67.0 cm³/mol. The molecule has 0 atom stereocenters. The molecule has 0 unspecified atom stereocenters. The third-order valence-corrected chi connectivity index (χ3v) is 2.13. The van der Waals surface area contributed by atoms with E-state index in [9.17, 15) is 4.79 Å². The Morgan fingerprint density at radius 1 is 1.53 bits per heavy atom. The fraction of sp³-hybridized carbons (Fsp3) is 0.308. The topological polar surface area (TPSA) is 58.6 Å². The summed E-state index contributed by atoms with van der Waals surface area (Å²) in [6.07, 6.45) is 2.51. The van der Waals surface area contributed by atoms with Crippen LogP contribution in [0.3, 0.4) is 0 Å². The van der Waals surface area contributed by atoms with Crippen LogP contribution in [-0.4, -0.2) is 24.4 Å². The van der Waals surface area contributed by atoms with Crippen molar-refractivity contribution >= 4 is 11.8 Å². The molecule has 4 heteroatoms. The molecule has 0 aliphatic rings. The second-order valence-corrected chi connectivity index (χ2v) is 3.54. The van der Waals surface area contributed by atoms with E-state index in [-0.39, 0.29) is 13.2 Å². The summed E-state index contributed by atoms with van der Waals surface area (Å²) in [4.78, 5) is 11.3. The average molecular weight is 235 g/mol. The Morgan fingerprint density at radius 2 is 2.35 bits per heavy atom. The van der Waals surface area contributed by atoms with Crippen LogP contribution < -0.4 is 5.32 Å². The molecular weight excluding hydrogens is 218 g/mol. The lowest BCUT2D eigenvalue weighted by Gasteiger charge is -2.07. The van der Waals surface area contributed by atoms with Crippen molar-refractivity contribution in [3.63, 3.8) is 0 Å². The van der Waals surface area contributed by atoms with Crippen LogP contribution in [0.4, 0.5) is 10.5 Å². The van der Waals surface area contributed by atoms with Gasteiger partial charge in [0.25, 0.3) is 0 Å². The van der Waals surface area contributed by atoms with Crippen LogP contribution in [0, 0.1) is 0 Å². The summed E-state index contributed by atoms with van der Waals surface area (Å²) in [5.41, 5.74) is 1.76. The minimum absolute atomic E-state index is 0.166. The molecule has 1 aromatic rings. The molecule has 0 radical (unpaired) electrons. The van der Waals surface area contributed by atoms with Gasteiger partial charge in [0.15, 0.2) is 0 Å². The predicted octanol–water partition coefficient (Wildman–Crippen LogP) is 2.35. The third kappa shape index (κ3) is 5.17. The molecular formula is C13H17NO3. The van der Waals surface area contributed by atoms with Crippen molar-refractivity contribution in [2.75, 3.05) is 18.5 Å². The summed E-state index contributed by atoms with van der Waals surface area (Å²) < 4.78 is 4.81. The lowest BCUT2D eigenvalue weighted by Crippen LogP contribution is -2.13. The van der Waals surface area contributed by atoms with Crippen LogP contribution in [0.2, 0.25) is 0 Å². The normalized spacial score (nSPS) is 9.71. The Balaban J connectivity index is 2.52. The van der Waals surface area contributed by atoms with E-state index in [0.717, 1.165) is 12.0 Å². The number of aliphatic hydroxyl groups excluding tert-OH is 1. The summed E-state index contributed by atoms with van der Waals surface area (Å²) in [6, 6.07) is 7.47. The molecule has 0 spiro atoms. The quantitative estimate of drug-likeness (QED) is 0.744. The maximum atomic E-state index is 11.3. The Hall–Kier alpha value is -1.81. The lowest BCUT2D eigenvalue weighted by molar-refractivity contribution is 0.174. The van der Waals surface area contributed by atoms with Crippen LogP contribution in [-0.2, 0) is 11.2 Å². The van der Waals surface area contributed by atoms with Crippen molar-refractivity contribution in [2.45, 2.75) is 12.8 Å². The number of anilines is 1. The highest BCUT2D eigenvalue weighted by Crippen LogP contribution is 2.12. The van der Waals surface area contributed by atoms with Gasteiger partial charge in [0.1, 0.15) is 6.61 Å². The first-order valence-corrected chi connectivity index (χ1v) is 5.50. The molecule has 0 saturated heterocycles. The number of rotatable bonds is 6. The molecule has 0 aromatic heterocycles. The van der Waals surface area contributed by atoms with Gasteiger partial charge in [-0.25, -0.2) is 4.79 Å². The van der Waals surface area contributed by atoms with Crippen molar-refractivity contribution < 1.29 is 14.6 Å². The molecule has 0 heterocycles. The monoisotopic (exact) mass is 235 g/mol. The van der Waals surface area contributed by atoms with Crippen LogP contribution in [0.15, 0.2) is 36.9 Å². The average Bonchev–Trinajstić information content (AvgIpc) is 2.34. The summed E-state index contributed by atoms with van der Waals surface area (Å²) in [5.74, 6) is 0. The van der Waals surface area contributed by atoms with E-state index in [0.29, 0.717) is 12.1 Å². The number of carbonyl (C=O) groups excluding carboxylic acids is 1. The molecule has 17 heavy (non-hydrogen) atoms. The molecule has 0 fully saturated rings. The first kappa shape index (κ1) is 13.3. The first-order valence-electron chi connectivity index (χ1n) is 5.50. The van der Waals surface area contributed by atoms with Gasteiger partial charge >= 0.3 is 6.09 Å². The van der Waals surface area contributed by atoms with Gasteiger partial charge in [-0.2, -0.15) is 0 Å². The number of hydrogen-bond donors (Lipinski definition) is 2. The van der Waals surface area contributed by atoms with Gasteiger partial charge in [-0.3, -0.25) is 5.32 Å². The zero-order valence-electron chi connectivity index (χ0n) is 9.69. The van der Waals surface area contributed by atoms with Gasteiger partial charge in [-0.15, -0.1) is 0 Å². The fourth-order valence-electron chi connectivity index (χ4n) is 1.38. The number of aliphatic hydroxyl groups is 1. The third-order valence-electron chi connectivity index (χ3n) is 2.13. The largest absolute Gasteiger partial charge is 0.445 e. The minimum atomic E-state index is -0.496. The van der Waals surface area contributed by atoms with Crippen LogP contribution in [0.1, 0.15) is 12.0 Å². The maximum absolute atomic E-state index is 11.3. The molecule has 1 amide bonds. The summed E-state index contributed by atoms with van der Waals surface area (Å²) >= 11 is 0. The van der Waals surface area contributed by atoms with Gasteiger partial charge in [-0.1, -0.05) is 24.8 Å². The van der Waals surface area contributed by atoms with Crippen molar-refractivity contribution in [2.24, 2.45) is 0 Å². The van der Waals surface area contributed by atoms with E-state index in [1.807, 2.05) is 18.2 Å². The van der Waals surface area contributed by atoms with Gasteiger partial charge in [-0.05, 0) is 30.5 Å². The van der Waals surface area contributed by atoms with E-state index >= 15 is 0 Å². The number of benzene rings is 1. The van der Waals surface area contributed by atoms with Crippen molar-refractivity contribution in [1.82, 2.24) is 0 Å². The molecule has 0 saturated carbocycles. The Bertz CT molecular complexity index is 377. The van der Waals surface area contributed by atoms with E-state index in [1.54, 1.807) is 6.07 Å². The maximum Gasteiger partial charge on any atom is 0.411 e. The van der Waals surface area contributed by atoms with Crippen molar-refractivity contribution in [1.29, 1.82) is 0 Å². The Kier molecular flexibility index (Phi) is 5.82. The van der Waals surface area contributed by atoms with E-state index in [2.05, 4.69) is 11.9 Å². The summed E-state index contributed by atoms with van der Waals surface area (Å²) in [6.45, 7) is 3.82.